The Morgan fingerprint density at radius 2 is 1.97 bits per heavy atom. The van der Waals surface area contributed by atoms with Gasteiger partial charge >= 0.3 is 11.9 Å². The summed E-state index contributed by atoms with van der Waals surface area (Å²) in [7, 11) is 4.66. The molecule has 3 heterocycles. The summed E-state index contributed by atoms with van der Waals surface area (Å²) < 4.78 is 16.5. The molecule has 4 aliphatic rings. The molecular weight excluding hydrogens is 440 g/mol. The normalized spacial score (nSPS) is 38.1. The SMILES string of the molecule is CC[C@]12CC(=O)CN3CC[C@@]4(c5ccc(OC)cc5N(C)[C@H]4[C@@](O)(C(=O)OC)[C@@H]1OC(C)=O)[C@@H]32. The molecule has 1 aliphatic carbocycles. The smallest absolute Gasteiger partial charge is 0.344 e. The van der Waals surface area contributed by atoms with Crippen LogP contribution in [0.15, 0.2) is 18.2 Å². The Labute approximate surface area is 198 Å². The van der Waals surface area contributed by atoms with Gasteiger partial charge in [-0.15, -0.1) is 0 Å². The molecule has 0 bridgehead atoms. The molecule has 1 N–H and O–H groups in total. The zero-order valence-corrected chi connectivity index (χ0v) is 20.3. The van der Waals surface area contributed by atoms with Crippen molar-refractivity contribution >= 4 is 23.4 Å². The third kappa shape index (κ3) is 2.54. The Morgan fingerprint density at radius 1 is 1.24 bits per heavy atom. The van der Waals surface area contributed by atoms with Crippen molar-refractivity contribution in [1.82, 2.24) is 4.90 Å². The molecule has 3 aliphatic heterocycles. The molecule has 0 radical (unpaired) electrons. The van der Waals surface area contributed by atoms with Crippen molar-refractivity contribution in [3.05, 3.63) is 23.8 Å². The number of ether oxygens (including phenoxy) is 3. The monoisotopic (exact) mass is 472 g/mol. The van der Waals surface area contributed by atoms with Crippen LogP contribution in [0.4, 0.5) is 5.69 Å². The minimum atomic E-state index is -2.19. The second kappa shape index (κ2) is 7.42. The molecule has 34 heavy (non-hydrogen) atoms. The Balaban J connectivity index is 1.86. The highest BCUT2D eigenvalue weighted by Crippen LogP contribution is 2.68. The highest BCUT2D eigenvalue weighted by Gasteiger charge is 2.81. The van der Waals surface area contributed by atoms with E-state index in [4.69, 9.17) is 14.2 Å². The molecule has 1 saturated carbocycles. The summed E-state index contributed by atoms with van der Waals surface area (Å²) in [4.78, 5) is 43.0. The number of carbonyl (C=O) groups is 3. The average Bonchev–Trinajstić information content (AvgIpc) is 3.31. The van der Waals surface area contributed by atoms with Crippen LogP contribution in [0.1, 0.15) is 38.7 Å². The van der Waals surface area contributed by atoms with Crippen LogP contribution < -0.4 is 9.64 Å². The number of benzene rings is 1. The largest absolute Gasteiger partial charge is 0.497 e. The van der Waals surface area contributed by atoms with Gasteiger partial charge in [-0.1, -0.05) is 13.0 Å². The van der Waals surface area contributed by atoms with Crippen LogP contribution >= 0.6 is 0 Å². The minimum Gasteiger partial charge on any atom is -0.497 e. The lowest BCUT2D eigenvalue weighted by atomic mass is 9.46. The van der Waals surface area contributed by atoms with E-state index in [1.54, 1.807) is 7.11 Å². The maximum Gasteiger partial charge on any atom is 0.344 e. The van der Waals surface area contributed by atoms with E-state index < -0.39 is 40.5 Å². The number of anilines is 1. The quantitative estimate of drug-likeness (QED) is 0.644. The van der Waals surface area contributed by atoms with Crippen LogP contribution in [-0.2, 0) is 29.3 Å². The Morgan fingerprint density at radius 3 is 2.59 bits per heavy atom. The van der Waals surface area contributed by atoms with Crippen LogP contribution in [0.3, 0.4) is 0 Å². The number of piperidine rings is 1. The first-order chi connectivity index (χ1) is 16.1. The standard InChI is InChI=1S/C25H32N2O7/c1-6-23-12-15(29)13-27-10-9-24(19(23)27)17-8-7-16(32-4)11-18(17)26(3)20(24)25(31,22(30)33-5)21(23)34-14(2)28/h7-8,11,19-21,31H,6,9-10,12-13H2,1-5H3/t19-,20+,21+,23+,24+,25-/m0/s1. The number of methoxy groups -OCH3 is 2. The van der Waals surface area contributed by atoms with Gasteiger partial charge in [0.1, 0.15) is 11.5 Å². The second-order valence-corrected chi connectivity index (χ2v) is 10.2. The molecule has 1 aromatic carbocycles. The average molecular weight is 473 g/mol. The number of rotatable bonds is 4. The maximum atomic E-state index is 13.5. The zero-order chi connectivity index (χ0) is 24.6. The third-order valence-corrected chi connectivity index (χ3v) is 8.87. The lowest BCUT2D eigenvalue weighted by molar-refractivity contribution is -0.240. The van der Waals surface area contributed by atoms with Gasteiger partial charge in [-0.3, -0.25) is 14.5 Å². The number of hydrogen-bond acceptors (Lipinski definition) is 9. The van der Waals surface area contributed by atoms with Gasteiger partial charge < -0.3 is 24.2 Å². The first-order valence-corrected chi connectivity index (χ1v) is 11.8. The van der Waals surface area contributed by atoms with E-state index in [9.17, 15) is 19.5 Å². The summed E-state index contributed by atoms with van der Waals surface area (Å²) in [5.74, 6) is -0.805. The topological polar surface area (TPSA) is 106 Å². The molecular formula is C25H32N2O7. The van der Waals surface area contributed by atoms with Gasteiger partial charge in [0.15, 0.2) is 6.10 Å². The van der Waals surface area contributed by atoms with Gasteiger partial charge in [-0.2, -0.15) is 0 Å². The van der Waals surface area contributed by atoms with Crippen molar-refractivity contribution in [2.45, 2.75) is 62.3 Å². The van der Waals surface area contributed by atoms with Crippen molar-refractivity contribution in [3.63, 3.8) is 0 Å². The van der Waals surface area contributed by atoms with E-state index in [-0.39, 0.29) is 18.2 Å². The van der Waals surface area contributed by atoms with Crippen molar-refractivity contribution in [2.75, 3.05) is 39.3 Å². The Bertz CT molecular complexity index is 1080. The number of likely N-dealkylation sites (N-methyl/N-ethyl adjacent to an activating group) is 1. The van der Waals surface area contributed by atoms with Gasteiger partial charge in [0.2, 0.25) is 5.60 Å². The first-order valence-electron chi connectivity index (χ1n) is 11.8. The van der Waals surface area contributed by atoms with Crippen molar-refractivity contribution < 1.29 is 33.7 Å². The lowest BCUT2D eigenvalue weighted by Gasteiger charge is -2.64. The molecule has 5 rings (SSSR count). The number of nitrogens with zero attached hydrogens (tertiary/aromatic N) is 2. The number of esters is 2. The van der Waals surface area contributed by atoms with Crippen LogP contribution in [-0.4, -0.2) is 85.9 Å². The number of ketones is 1. The molecule has 0 amide bonds. The van der Waals surface area contributed by atoms with E-state index in [2.05, 4.69) is 4.90 Å². The Hall–Kier alpha value is -2.65. The molecule has 3 fully saturated rings. The number of hydrogen-bond donors (Lipinski definition) is 1. The predicted molar refractivity (Wildman–Crippen MR) is 122 cm³/mol. The molecule has 2 saturated heterocycles. The van der Waals surface area contributed by atoms with Crippen LogP contribution in [0.2, 0.25) is 0 Å². The molecule has 1 aromatic rings. The molecule has 184 valence electrons. The van der Waals surface area contributed by atoms with Gasteiger partial charge in [0.25, 0.3) is 0 Å². The number of aliphatic hydroxyl groups is 1. The van der Waals surface area contributed by atoms with E-state index in [1.807, 2.05) is 37.1 Å². The summed E-state index contributed by atoms with van der Waals surface area (Å²) in [6, 6.07) is 4.84. The van der Waals surface area contributed by atoms with E-state index in [1.165, 1.54) is 14.0 Å². The predicted octanol–water partition coefficient (Wildman–Crippen LogP) is 1.04. The fraction of sp³-hybridized carbons (Fsp3) is 0.640. The van der Waals surface area contributed by atoms with Gasteiger partial charge in [-0.25, -0.2) is 4.79 Å². The summed E-state index contributed by atoms with van der Waals surface area (Å²) in [6.07, 6.45) is -0.0406. The number of fused-ring (bicyclic) bond motifs is 1. The molecule has 9 nitrogen and oxygen atoms in total. The van der Waals surface area contributed by atoms with Crippen LogP contribution in [0.25, 0.3) is 0 Å². The molecule has 9 heteroatoms. The van der Waals surface area contributed by atoms with Gasteiger partial charge in [0, 0.05) is 49.0 Å². The van der Waals surface area contributed by atoms with Crippen molar-refractivity contribution in [3.8, 4) is 5.75 Å². The number of carbonyl (C=O) groups excluding carboxylic acids is 3. The van der Waals surface area contributed by atoms with Crippen molar-refractivity contribution in [1.29, 1.82) is 0 Å². The fourth-order valence-corrected chi connectivity index (χ4v) is 8.00. The van der Waals surface area contributed by atoms with E-state index in [0.29, 0.717) is 31.7 Å². The summed E-state index contributed by atoms with van der Waals surface area (Å²) in [5, 5.41) is 12.5. The minimum absolute atomic E-state index is 0.0132. The lowest BCUT2D eigenvalue weighted by Crippen LogP contribution is -2.82. The maximum absolute atomic E-state index is 13.5. The highest BCUT2D eigenvalue weighted by atomic mass is 16.6. The van der Waals surface area contributed by atoms with Crippen molar-refractivity contribution in [2.24, 2.45) is 5.41 Å². The van der Waals surface area contributed by atoms with E-state index in [0.717, 1.165) is 11.3 Å². The number of Topliss-reactive ketones (excluding diaryl/α,β-unsaturated/α-hetero) is 1. The second-order valence-electron chi connectivity index (χ2n) is 10.2. The van der Waals surface area contributed by atoms with Crippen LogP contribution in [0.5, 0.6) is 5.75 Å². The third-order valence-electron chi connectivity index (χ3n) is 8.87. The van der Waals surface area contributed by atoms with Gasteiger partial charge in [0.05, 0.1) is 26.8 Å². The first kappa shape index (κ1) is 23.1. The Kier molecular flexibility index (Phi) is 5.04. The summed E-state index contributed by atoms with van der Waals surface area (Å²) >= 11 is 0. The summed E-state index contributed by atoms with van der Waals surface area (Å²) in [5.41, 5.74) is -1.98. The zero-order valence-electron chi connectivity index (χ0n) is 20.3. The highest BCUT2D eigenvalue weighted by molar-refractivity contribution is 5.89. The van der Waals surface area contributed by atoms with E-state index >= 15 is 0 Å². The van der Waals surface area contributed by atoms with Gasteiger partial charge in [-0.05, 0) is 31.0 Å². The molecule has 1 spiro atoms. The van der Waals surface area contributed by atoms with Crippen LogP contribution in [0, 0.1) is 5.41 Å². The fourth-order valence-electron chi connectivity index (χ4n) is 8.00. The molecule has 0 unspecified atom stereocenters. The molecule has 6 atom stereocenters. The summed E-state index contributed by atoms with van der Waals surface area (Å²) in [6.45, 7) is 4.14. The molecule has 0 aromatic heterocycles.